The normalized spacial score (nSPS) is 13.0. The maximum absolute atomic E-state index is 12.8. The van der Waals surface area contributed by atoms with E-state index < -0.39 is 0 Å². The number of amides is 3. The largest absolute Gasteiger partial charge is 0.356 e. The van der Waals surface area contributed by atoms with Crippen LogP contribution < -0.4 is 5.32 Å². The Morgan fingerprint density at radius 3 is 2.48 bits per heavy atom. The van der Waals surface area contributed by atoms with Crippen molar-refractivity contribution >= 4 is 33.7 Å². The van der Waals surface area contributed by atoms with Crippen LogP contribution in [0.15, 0.2) is 46.9 Å². The number of carbonyl (C=O) groups excluding carboxylic acids is 3. The minimum absolute atomic E-state index is 0.142. The molecule has 1 heterocycles. The van der Waals surface area contributed by atoms with Gasteiger partial charge in [0.25, 0.3) is 11.8 Å². The van der Waals surface area contributed by atoms with Gasteiger partial charge in [-0.15, -0.1) is 0 Å². The van der Waals surface area contributed by atoms with Crippen molar-refractivity contribution in [1.82, 2.24) is 10.2 Å². The highest BCUT2D eigenvalue weighted by atomic mass is 79.9. The molecule has 1 aliphatic rings. The average molecular weight is 433 g/mol. The molecule has 0 aliphatic carbocycles. The van der Waals surface area contributed by atoms with Crippen molar-refractivity contribution in [3.63, 3.8) is 0 Å². The summed E-state index contributed by atoms with van der Waals surface area (Å²) in [6.45, 7) is 0.654. The molecule has 0 radical (unpaired) electrons. The van der Waals surface area contributed by atoms with Crippen LogP contribution >= 0.6 is 15.9 Å². The molecule has 5 nitrogen and oxygen atoms in total. The Hall–Kier alpha value is -2.54. The van der Waals surface area contributed by atoms with E-state index in [1.165, 1.54) is 17.0 Å². The molecule has 0 aromatic heterocycles. The Kier molecular flexibility index (Phi) is 6.01. The molecule has 1 aliphatic heterocycles. The Bertz CT molecular complexity index is 883. The Balaban J connectivity index is 1.42. The van der Waals surface area contributed by atoms with Crippen LogP contribution in [0.3, 0.4) is 0 Å². The van der Waals surface area contributed by atoms with Gasteiger partial charge in [0, 0.05) is 24.0 Å². The summed E-state index contributed by atoms with van der Waals surface area (Å²) < 4.78 is 13.6. The second-order valence-electron chi connectivity index (χ2n) is 6.28. The maximum atomic E-state index is 12.8. The lowest BCUT2D eigenvalue weighted by Crippen LogP contribution is -2.32. The quantitative estimate of drug-likeness (QED) is 0.682. The summed E-state index contributed by atoms with van der Waals surface area (Å²) in [6, 6.07) is 11.1. The van der Waals surface area contributed by atoms with Crippen LogP contribution in [0, 0.1) is 5.82 Å². The molecule has 0 bridgehead atoms. The molecule has 3 amide bonds. The highest BCUT2D eigenvalue weighted by Crippen LogP contribution is 2.26. The smallest absolute Gasteiger partial charge is 0.261 e. The monoisotopic (exact) mass is 432 g/mol. The number of nitrogens with one attached hydrogen (secondary N) is 1. The van der Waals surface area contributed by atoms with Crippen molar-refractivity contribution in [2.24, 2.45) is 0 Å². The van der Waals surface area contributed by atoms with Crippen LogP contribution in [0.1, 0.15) is 39.1 Å². The van der Waals surface area contributed by atoms with E-state index in [0.717, 1.165) is 10.0 Å². The van der Waals surface area contributed by atoms with E-state index in [9.17, 15) is 18.8 Å². The standard InChI is InChI=1S/C20H18BrFN2O3/c21-14-5-8-16-17(12-14)20(27)24(19(16)26)11-1-2-18(25)23-10-9-13-3-6-15(22)7-4-13/h3-8,12H,1-2,9-11H2,(H,23,25). The molecule has 0 saturated carbocycles. The molecule has 0 unspecified atom stereocenters. The molecule has 140 valence electrons. The van der Waals surface area contributed by atoms with Gasteiger partial charge in [-0.05, 0) is 48.7 Å². The molecule has 0 saturated heterocycles. The summed E-state index contributed by atoms with van der Waals surface area (Å²) >= 11 is 3.29. The predicted molar refractivity (Wildman–Crippen MR) is 102 cm³/mol. The number of imide groups is 1. The first-order valence-corrected chi connectivity index (χ1v) is 9.42. The first kappa shape index (κ1) is 19.2. The van der Waals surface area contributed by atoms with Gasteiger partial charge in [0.15, 0.2) is 0 Å². The van der Waals surface area contributed by atoms with Gasteiger partial charge >= 0.3 is 0 Å². The summed E-state index contributed by atoms with van der Waals surface area (Å²) in [6.07, 6.45) is 1.23. The third-order valence-electron chi connectivity index (χ3n) is 4.37. The van der Waals surface area contributed by atoms with Crippen LogP contribution in [0.4, 0.5) is 4.39 Å². The number of halogens is 2. The lowest BCUT2D eigenvalue weighted by atomic mass is 10.1. The molecule has 0 spiro atoms. The van der Waals surface area contributed by atoms with Crippen LogP contribution in [-0.4, -0.2) is 35.7 Å². The molecule has 0 fully saturated rings. The fourth-order valence-corrected chi connectivity index (χ4v) is 3.31. The molecule has 2 aromatic rings. The van der Waals surface area contributed by atoms with Gasteiger partial charge < -0.3 is 5.32 Å². The zero-order valence-corrected chi connectivity index (χ0v) is 16.1. The van der Waals surface area contributed by atoms with Gasteiger partial charge in [0.05, 0.1) is 11.1 Å². The lowest BCUT2D eigenvalue weighted by molar-refractivity contribution is -0.121. The van der Waals surface area contributed by atoms with Crippen molar-refractivity contribution in [3.05, 3.63) is 69.4 Å². The number of carbonyl (C=O) groups is 3. The fraction of sp³-hybridized carbons (Fsp3) is 0.250. The topological polar surface area (TPSA) is 66.5 Å². The third kappa shape index (κ3) is 4.60. The predicted octanol–water partition coefficient (Wildman–Crippen LogP) is 3.32. The Labute approximate surface area is 164 Å². The van der Waals surface area contributed by atoms with Gasteiger partial charge in [0.1, 0.15) is 5.82 Å². The number of rotatable bonds is 7. The van der Waals surface area contributed by atoms with E-state index in [0.29, 0.717) is 30.5 Å². The van der Waals surface area contributed by atoms with Crippen LogP contribution in [0.25, 0.3) is 0 Å². The molecule has 3 rings (SSSR count). The van der Waals surface area contributed by atoms with Gasteiger partial charge in [-0.3, -0.25) is 19.3 Å². The molecule has 27 heavy (non-hydrogen) atoms. The molecule has 2 aromatic carbocycles. The second-order valence-corrected chi connectivity index (χ2v) is 7.20. The first-order chi connectivity index (χ1) is 13.0. The third-order valence-corrected chi connectivity index (χ3v) is 4.86. The van der Waals surface area contributed by atoms with E-state index in [1.54, 1.807) is 30.3 Å². The van der Waals surface area contributed by atoms with Crippen molar-refractivity contribution in [2.75, 3.05) is 13.1 Å². The highest BCUT2D eigenvalue weighted by molar-refractivity contribution is 9.10. The fourth-order valence-electron chi connectivity index (χ4n) is 2.95. The Morgan fingerprint density at radius 2 is 1.74 bits per heavy atom. The zero-order chi connectivity index (χ0) is 19.4. The summed E-state index contributed by atoms with van der Waals surface area (Å²) in [5.74, 6) is -1.08. The summed E-state index contributed by atoms with van der Waals surface area (Å²) in [7, 11) is 0. The molecule has 0 atom stereocenters. The number of benzene rings is 2. The van der Waals surface area contributed by atoms with Crippen LogP contribution in [0.2, 0.25) is 0 Å². The van der Waals surface area contributed by atoms with Crippen molar-refractivity contribution in [3.8, 4) is 0 Å². The number of hydrogen-bond donors (Lipinski definition) is 1. The summed E-state index contributed by atoms with van der Waals surface area (Å²) in [4.78, 5) is 37.8. The minimum Gasteiger partial charge on any atom is -0.356 e. The number of fused-ring (bicyclic) bond motifs is 1. The molecule has 7 heteroatoms. The molecular formula is C20H18BrFN2O3. The van der Waals surface area contributed by atoms with Crippen molar-refractivity contribution in [2.45, 2.75) is 19.3 Å². The highest BCUT2D eigenvalue weighted by Gasteiger charge is 2.35. The van der Waals surface area contributed by atoms with E-state index in [2.05, 4.69) is 21.2 Å². The van der Waals surface area contributed by atoms with Gasteiger partial charge in [-0.1, -0.05) is 28.1 Å². The van der Waals surface area contributed by atoms with E-state index in [1.807, 2.05) is 0 Å². The number of nitrogens with zero attached hydrogens (tertiary/aromatic N) is 1. The van der Waals surface area contributed by atoms with E-state index >= 15 is 0 Å². The van der Waals surface area contributed by atoms with Crippen molar-refractivity contribution in [1.29, 1.82) is 0 Å². The molecule has 1 N–H and O–H groups in total. The Morgan fingerprint density at radius 1 is 1.04 bits per heavy atom. The van der Waals surface area contributed by atoms with Gasteiger partial charge in [0.2, 0.25) is 5.91 Å². The summed E-state index contributed by atoms with van der Waals surface area (Å²) in [5.41, 5.74) is 1.72. The van der Waals surface area contributed by atoms with Crippen molar-refractivity contribution < 1.29 is 18.8 Å². The van der Waals surface area contributed by atoms with Gasteiger partial charge in [-0.2, -0.15) is 0 Å². The lowest BCUT2D eigenvalue weighted by Gasteiger charge is -2.13. The minimum atomic E-state index is -0.326. The van der Waals surface area contributed by atoms with Crippen LogP contribution in [0.5, 0.6) is 0 Å². The van der Waals surface area contributed by atoms with Crippen LogP contribution in [-0.2, 0) is 11.2 Å². The SMILES string of the molecule is O=C(CCCN1C(=O)c2ccc(Br)cc2C1=O)NCCc1ccc(F)cc1. The van der Waals surface area contributed by atoms with Gasteiger partial charge in [-0.25, -0.2) is 4.39 Å². The zero-order valence-electron chi connectivity index (χ0n) is 14.5. The average Bonchev–Trinajstić information content (AvgIpc) is 2.87. The number of hydrogen-bond acceptors (Lipinski definition) is 3. The molecular weight excluding hydrogens is 415 g/mol. The summed E-state index contributed by atoms with van der Waals surface area (Å²) in [5, 5.41) is 2.79. The first-order valence-electron chi connectivity index (χ1n) is 8.62. The maximum Gasteiger partial charge on any atom is 0.261 e. The second kappa shape index (κ2) is 8.43. The van der Waals surface area contributed by atoms with E-state index in [4.69, 9.17) is 0 Å². The van der Waals surface area contributed by atoms with E-state index in [-0.39, 0.29) is 36.5 Å².